The lowest BCUT2D eigenvalue weighted by atomic mass is 9.98. The highest BCUT2D eigenvalue weighted by molar-refractivity contribution is 6.04. The summed E-state index contributed by atoms with van der Waals surface area (Å²) in [6.45, 7) is 1.78. The topological polar surface area (TPSA) is 94.1 Å². The number of benzene rings is 1. The monoisotopic (exact) mass is 495 g/mol. The first-order chi connectivity index (χ1) is 17.2. The van der Waals surface area contributed by atoms with Gasteiger partial charge in [-0.05, 0) is 42.0 Å². The summed E-state index contributed by atoms with van der Waals surface area (Å²) in [5.74, 6) is -1.04. The van der Waals surface area contributed by atoms with Gasteiger partial charge in [0, 0.05) is 31.0 Å². The van der Waals surface area contributed by atoms with E-state index in [2.05, 4.69) is 25.1 Å². The van der Waals surface area contributed by atoms with Crippen LogP contribution >= 0.6 is 0 Å². The van der Waals surface area contributed by atoms with Crippen LogP contribution in [0.1, 0.15) is 52.3 Å². The summed E-state index contributed by atoms with van der Waals surface area (Å²) in [5.41, 5.74) is 1.62. The van der Waals surface area contributed by atoms with Crippen LogP contribution in [-0.2, 0) is 12.6 Å². The van der Waals surface area contributed by atoms with Crippen LogP contribution in [0, 0.1) is 5.95 Å². The van der Waals surface area contributed by atoms with Crippen molar-refractivity contribution in [2.24, 2.45) is 4.99 Å². The van der Waals surface area contributed by atoms with Gasteiger partial charge in [-0.3, -0.25) is 4.79 Å². The quantitative estimate of drug-likeness (QED) is 0.192. The van der Waals surface area contributed by atoms with E-state index in [1.807, 2.05) is 0 Å². The summed E-state index contributed by atoms with van der Waals surface area (Å²) < 4.78 is 58.4. The summed E-state index contributed by atoms with van der Waals surface area (Å²) in [6, 6.07) is 9.51. The predicted octanol–water partition coefficient (Wildman–Crippen LogP) is 5.74. The van der Waals surface area contributed by atoms with E-state index in [-0.39, 0.29) is 41.5 Å². The van der Waals surface area contributed by atoms with E-state index in [4.69, 9.17) is 4.52 Å². The van der Waals surface area contributed by atoms with Crippen LogP contribution in [0.3, 0.4) is 0 Å². The van der Waals surface area contributed by atoms with E-state index >= 15 is 0 Å². The van der Waals surface area contributed by atoms with Gasteiger partial charge in [-0.1, -0.05) is 12.1 Å². The van der Waals surface area contributed by atoms with Crippen LogP contribution in [0.15, 0.2) is 64.5 Å². The lowest BCUT2D eigenvalue weighted by Crippen LogP contribution is -2.08. The minimum atomic E-state index is -4.43. The van der Waals surface area contributed by atoms with Crippen molar-refractivity contribution in [3.63, 3.8) is 0 Å². The van der Waals surface area contributed by atoms with Gasteiger partial charge in [0.2, 0.25) is 5.95 Å². The minimum Gasteiger partial charge on any atom is -0.355 e. The summed E-state index contributed by atoms with van der Waals surface area (Å²) >= 11 is 0. The van der Waals surface area contributed by atoms with Gasteiger partial charge >= 0.3 is 6.18 Å². The molecule has 0 saturated carbocycles. The van der Waals surface area contributed by atoms with Gasteiger partial charge in [-0.25, -0.2) is 19.9 Å². The van der Waals surface area contributed by atoms with Gasteiger partial charge in [-0.15, -0.1) is 0 Å². The molecule has 7 nitrogen and oxygen atoms in total. The van der Waals surface area contributed by atoms with Crippen molar-refractivity contribution >= 4 is 17.2 Å². The molecule has 0 fully saturated rings. The summed E-state index contributed by atoms with van der Waals surface area (Å²) in [6.07, 6.45) is -1.71. The average Bonchev–Trinajstić information content (AvgIpc) is 3.51. The molecular weight excluding hydrogens is 478 g/mol. The van der Waals surface area contributed by atoms with Crippen molar-refractivity contribution in [2.45, 2.75) is 31.9 Å². The molecular formula is C25H17F4N5O2. The number of aromatic nitrogens is 4. The molecule has 5 rings (SSSR count). The Morgan fingerprint density at radius 1 is 1.11 bits per heavy atom. The zero-order valence-electron chi connectivity index (χ0n) is 18.8. The van der Waals surface area contributed by atoms with Gasteiger partial charge in [0.05, 0.1) is 33.9 Å². The molecule has 4 heterocycles. The maximum absolute atomic E-state index is 14.0. The van der Waals surface area contributed by atoms with Gasteiger partial charge in [0.15, 0.2) is 11.5 Å². The van der Waals surface area contributed by atoms with Gasteiger partial charge in [-0.2, -0.15) is 17.6 Å². The van der Waals surface area contributed by atoms with Crippen LogP contribution in [0.2, 0.25) is 0 Å². The molecule has 36 heavy (non-hydrogen) atoms. The number of rotatable bonds is 6. The number of alkyl halides is 3. The number of aliphatic imine (C=N–C) groups is 1. The first-order valence-corrected chi connectivity index (χ1v) is 10.9. The van der Waals surface area contributed by atoms with Crippen molar-refractivity contribution in [2.75, 3.05) is 0 Å². The van der Waals surface area contributed by atoms with Crippen LogP contribution < -0.4 is 0 Å². The largest absolute Gasteiger partial charge is 0.416 e. The lowest BCUT2D eigenvalue weighted by molar-refractivity contribution is -0.137. The van der Waals surface area contributed by atoms with E-state index in [0.717, 1.165) is 12.1 Å². The Morgan fingerprint density at radius 2 is 1.94 bits per heavy atom. The Hall–Kier alpha value is -4.28. The SMILES string of the molecule is C[C@H](CC(=O)c1cc(-c2cccnc2F)ncn1)c1cc(C2=Nc3ccc(C(F)(F)F)cc3C2)on1. The predicted molar refractivity (Wildman–Crippen MR) is 120 cm³/mol. The molecule has 182 valence electrons. The normalized spacial score (nSPS) is 13.9. The number of fused-ring (bicyclic) bond motifs is 1. The van der Waals surface area contributed by atoms with E-state index < -0.39 is 17.7 Å². The van der Waals surface area contributed by atoms with Crippen molar-refractivity contribution in [1.82, 2.24) is 20.1 Å². The highest BCUT2D eigenvalue weighted by Gasteiger charge is 2.32. The fraction of sp³-hybridized carbons (Fsp3) is 0.200. The maximum atomic E-state index is 14.0. The first-order valence-electron chi connectivity index (χ1n) is 10.9. The van der Waals surface area contributed by atoms with Crippen molar-refractivity contribution in [1.29, 1.82) is 0 Å². The summed E-state index contributed by atoms with van der Waals surface area (Å²) in [4.78, 5) is 28.8. The molecule has 11 heteroatoms. The molecule has 3 aromatic heterocycles. The number of Topliss-reactive ketones (excluding diaryl/α,β-unsaturated/α-hetero) is 1. The number of nitrogens with zero attached hydrogens (tertiary/aromatic N) is 5. The molecule has 1 aliphatic heterocycles. The number of hydrogen-bond donors (Lipinski definition) is 0. The smallest absolute Gasteiger partial charge is 0.355 e. The molecule has 1 aliphatic rings. The van der Waals surface area contributed by atoms with Crippen molar-refractivity contribution in [3.8, 4) is 11.3 Å². The average molecular weight is 495 g/mol. The van der Waals surface area contributed by atoms with Crippen LogP contribution in [0.4, 0.5) is 23.2 Å². The highest BCUT2D eigenvalue weighted by Crippen LogP contribution is 2.36. The van der Waals surface area contributed by atoms with Gasteiger partial charge in [0.1, 0.15) is 12.0 Å². The lowest BCUT2D eigenvalue weighted by Gasteiger charge is -2.07. The molecule has 1 aromatic carbocycles. The third-order valence-electron chi connectivity index (χ3n) is 5.82. The minimum absolute atomic E-state index is 0.0413. The standard InChI is InChI=1S/C25H17F4N5O2/c1-13(7-22(35)20-10-19(31-12-32-20)16-3-2-6-30-24(16)26)18-11-23(36-34-18)21-9-14-8-15(25(27,28)29)4-5-17(14)33-21/h2-6,8,10-13H,7,9H2,1H3/t13-/m1/s1. The number of ketones is 1. The molecule has 0 aliphatic carbocycles. The van der Waals surface area contributed by atoms with Crippen LogP contribution in [0.25, 0.3) is 11.3 Å². The molecule has 0 spiro atoms. The Balaban J connectivity index is 1.28. The van der Waals surface area contributed by atoms with E-state index in [0.29, 0.717) is 28.4 Å². The van der Waals surface area contributed by atoms with E-state index in [9.17, 15) is 22.4 Å². The van der Waals surface area contributed by atoms with E-state index in [1.54, 1.807) is 19.1 Å². The third kappa shape index (κ3) is 4.64. The molecule has 0 bridgehead atoms. The van der Waals surface area contributed by atoms with Crippen LogP contribution in [-0.4, -0.2) is 31.6 Å². The number of hydrogen-bond acceptors (Lipinski definition) is 7. The zero-order chi connectivity index (χ0) is 25.4. The first kappa shape index (κ1) is 23.5. The maximum Gasteiger partial charge on any atom is 0.416 e. The summed E-state index contributed by atoms with van der Waals surface area (Å²) in [7, 11) is 0. The molecule has 0 radical (unpaired) electrons. The van der Waals surface area contributed by atoms with Gasteiger partial charge in [0.25, 0.3) is 0 Å². The Bertz CT molecular complexity index is 1500. The second-order valence-electron chi connectivity index (χ2n) is 8.35. The molecule has 0 amide bonds. The Kier molecular flexibility index (Phi) is 5.91. The second kappa shape index (κ2) is 9.06. The number of carbonyl (C=O) groups excluding carboxylic acids is 1. The van der Waals surface area contributed by atoms with E-state index in [1.165, 1.54) is 30.7 Å². The van der Waals surface area contributed by atoms with Crippen molar-refractivity contribution < 1.29 is 26.9 Å². The Labute approximate surface area is 201 Å². The number of pyridine rings is 1. The fourth-order valence-electron chi connectivity index (χ4n) is 3.90. The summed E-state index contributed by atoms with van der Waals surface area (Å²) in [5, 5.41) is 4.03. The second-order valence-corrected chi connectivity index (χ2v) is 8.35. The molecule has 0 unspecified atom stereocenters. The fourth-order valence-corrected chi connectivity index (χ4v) is 3.90. The molecule has 0 N–H and O–H groups in total. The van der Waals surface area contributed by atoms with Crippen molar-refractivity contribution in [3.05, 3.63) is 89.2 Å². The highest BCUT2D eigenvalue weighted by atomic mass is 19.4. The molecule has 4 aromatic rings. The van der Waals surface area contributed by atoms with Gasteiger partial charge < -0.3 is 4.52 Å². The molecule has 0 saturated heterocycles. The zero-order valence-corrected chi connectivity index (χ0v) is 18.8. The third-order valence-corrected chi connectivity index (χ3v) is 5.82. The number of carbonyl (C=O) groups is 1. The Morgan fingerprint density at radius 3 is 2.72 bits per heavy atom. The molecule has 1 atom stereocenters. The van der Waals surface area contributed by atoms with Crippen LogP contribution in [0.5, 0.6) is 0 Å². The number of halogens is 4.